The first-order chi connectivity index (χ1) is 5.66. The third-order valence-electron chi connectivity index (χ3n) is 1.56. The molecule has 0 radical (unpaired) electrons. The number of nitrogens with zero attached hydrogens (tertiary/aromatic N) is 3. The highest BCUT2D eigenvalue weighted by Gasteiger charge is 2.04. The lowest BCUT2D eigenvalue weighted by atomic mass is 10.4. The molecule has 1 heterocycles. The molecular formula is C8H13N3O. The fraction of sp³-hybridized carbons (Fsp3) is 0.500. The molecule has 0 aliphatic heterocycles. The minimum absolute atomic E-state index is 0.0944. The van der Waals surface area contributed by atoms with E-state index in [1.807, 2.05) is 20.8 Å². The molecule has 0 unspecified atom stereocenters. The molecule has 1 rings (SSSR count). The summed E-state index contributed by atoms with van der Waals surface area (Å²) in [6.07, 6.45) is 4.97. The fourth-order valence-electron chi connectivity index (χ4n) is 0.926. The van der Waals surface area contributed by atoms with E-state index in [9.17, 15) is 4.79 Å². The number of hydrogen-bond donors (Lipinski definition) is 0. The molecule has 12 heavy (non-hydrogen) atoms. The van der Waals surface area contributed by atoms with Gasteiger partial charge in [-0.25, -0.2) is 4.79 Å². The van der Waals surface area contributed by atoms with E-state index < -0.39 is 0 Å². The Morgan fingerprint density at radius 2 is 2.25 bits per heavy atom. The molecule has 0 fully saturated rings. The van der Waals surface area contributed by atoms with Crippen molar-refractivity contribution in [3.05, 3.63) is 22.9 Å². The van der Waals surface area contributed by atoms with Gasteiger partial charge in [-0.1, -0.05) is 6.08 Å². The number of allylic oxidation sites excluding steroid dienone is 1. The van der Waals surface area contributed by atoms with Crippen molar-refractivity contribution >= 4 is 6.20 Å². The van der Waals surface area contributed by atoms with Crippen LogP contribution in [0.5, 0.6) is 0 Å². The van der Waals surface area contributed by atoms with E-state index in [0.717, 1.165) is 0 Å². The second-order valence-electron chi connectivity index (χ2n) is 2.84. The van der Waals surface area contributed by atoms with Gasteiger partial charge in [0.25, 0.3) is 0 Å². The van der Waals surface area contributed by atoms with Crippen molar-refractivity contribution in [2.75, 3.05) is 0 Å². The maximum Gasteiger partial charge on any atom is 0.350 e. The fourth-order valence-corrected chi connectivity index (χ4v) is 0.926. The molecule has 0 aliphatic rings. The van der Waals surface area contributed by atoms with Gasteiger partial charge in [0.2, 0.25) is 0 Å². The zero-order valence-electron chi connectivity index (χ0n) is 7.56. The van der Waals surface area contributed by atoms with Crippen LogP contribution in [-0.4, -0.2) is 14.3 Å². The molecule has 0 bridgehead atoms. The van der Waals surface area contributed by atoms with Gasteiger partial charge in [0.15, 0.2) is 0 Å². The van der Waals surface area contributed by atoms with Crippen LogP contribution in [0.15, 0.2) is 17.2 Å². The molecule has 66 valence electrons. The average molecular weight is 167 g/mol. The van der Waals surface area contributed by atoms with E-state index in [2.05, 4.69) is 5.10 Å². The van der Waals surface area contributed by atoms with Gasteiger partial charge in [0, 0.05) is 12.2 Å². The molecule has 0 saturated heterocycles. The quantitative estimate of drug-likeness (QED) is 0.662. The van der Waals surface area contributed by atoms with Gasteiger partial charge < -0.3 is 0 Å². The van der Waals surface area contributed by atoms with E-state index >= 15 is 0 Å². The highest BCUT2D eigenvalue weighted by atomic mass is 16.2. The lowest BCUT2D eigenvalue weighted by molar-refractivity contribution is 0.575. The Hall–Kier alpha value is -1.32. The molecule has 0 aliphatic carbocycles. The van der Waals surface area contributed by atoms with E-state index in [-0.39, 0.29) is 11.7 Å². The smallest absolute Gasteiger partial charge is 0.279 e. The van der Waals surface area contributed by atoms with Crippen LogP contribution < -0.4 is 5.69 Å². The lowest BCUT2D eigenvalue weighted by Crippen LogP contribution is -2.23. The molecule has 0 aromatic carbocycles. The number of rotatable bonds is 2. The first-order valence-corrected chi connectivity index (χ1v) is 3.95. The van der Waals surface area contributed by atoms with Gasteiger partial charge >= 0.3 is 5.69 Å². The van der Waals surface area contributed by atoms with Crippen molar-refractivity contribution < 1.29 is 0 Å². The van der Waals surface area contributed by atoms with Crippen molar-refractivity contribution in [2.24, 2.45) is 0 Å². The van der Waals surface area contributed by atoms with Crippen LogP contribution in [-0.2, 0) is 0 Å². The van der Waals surface area contributed by atoms with Crippen LogP contribution >= 0.6 is 0 Å². The SMILES string of the molecule is C/C=C/n1ncn(C(C)C)c1=O. The second kappa shape index (κ2) is 3.38. The maximum atomic E-state index is 11.4. The van der Waals surface area contributed by atoms with Crippen LogP contribution in [0.2, 0.25) is 0 Å². The Morgan fingerprint density at radius 1 is 1.58 bits per heavy atom. The molecule has 1 aromatic heterocycles. The monoisotopic (exact) mass is 167 g/mol. The summed E-state index contributed by atoms with van der Waals surface area (Å²) in [5, 5.41) is 3.91. The summed E-state index contributed by atoms with van der Waals surface area (Å²) in [4.78, 5) is 11.4. The van der Waals surface area contributed by atoms with E-state index in [0.29, 0.717) is 0 Å². The topological polar surface area (TPSA) is 39.8 Å². The molecule has 4 nitrogen and oxygen atoms in total. The number of aromatic nitrogens is 3. The molecular weight excluding hydrogens is 154 g/mol. The Balaban J connectivity index is 3.14. The largest absolute Gasteiger partial charge is 0.350 e. The van der Waals surface area contributed by atoms with E-state index in [1.54, 1.807) is 23.2 Å². The molecule has 4 heteroatoms. The van der Waals surface area contributed by atoms with Crippen LogP contribution in [0.4, 0.5) is 0 Å². The number of hydrogen-bond acceptors (Lipinski definition) is 2. The standard InChI is InChI=1S/C8H13N3O/c1-4-5-11-8(12)10(6-9-11)7(2)3/h4-7H,1-3H3/b5-4+. The Bertz CT molecular complexity index is 332. The van der Waals surface area contributed by atoms with Crippen LogP contribution in [0.3, 0.4) is 0 Å². The zero-order valence-corrected chi connectivity index (χ0v) is 7.56. The maximum absolute atomic E-state index is 11.4. The first kappa shape index (κ1) is 8.77. The summed E-state index contributed by atoms with van der Waals surface area (Å²) in [5.74, 6) is 0. The molecule has 0 spiro atoms. The molecule has 0 saturated carbocycles. The van der Waals surface area contributed by atoms with Gasteiger partial charge in [-0.2, -0.15) is 9.78 Å². The Morgan fingerprint density at radius 3 is 2.67 bits per heavy atom. The molecule has 0 atom stereocenters. The van der Waals surface area contributed by atoms with Crippen molar-refractivity contribution in [3.63, 3.8) is 0 Å². The normalized spacial score (nSPS) is 11.7. The summed E-state index contributed by atoms with van der Waals surface area (Å²) < 4.78 is 2.90. The minimum atomic E-state index is -0.0944. The highest BCUT2D eigenvalue weighted by molar-refractivity contribution is 5.16. The second-order valence-corrected chi connectivity index (χ2v) is 2.84. The summed E-state index contributed by atoms with van der Waals surface area (Å²) in [6, 6.07) is 0.163. The van der Waals surface area contributed by atoms with Crippen LogP contribution in [0, 0.1) is 0 Å². The minimum Gasteiger partial charge on any atom is -0.279 e. The average Bonchev–Trinajstić information content (AvgIpc) is 2.34. The highest BCUT2D eigenvalue weighted by Crippen LogP contribution is 1.96. The van der Waals surface area contributed by atoms with Crippen molar-refractivity contribution in [3.8, 4) is 0 Å². The predicted octanol–water partition coefficient (Wildman–Crippen LogP) is 1.12. The Kier molecular flexibility index (Phi) is 2.47. The van der Waals surface area contributed by atoms with Gasteiger partial charge in [-0.3, -0.25) is 4.57 Å². The van der Waals surface area contributed by atoms with Gasteiger partial charge in [-0.15, -0.1) is 0 Å². The van der Waals surface area contributed by atoms with E-state index in [1.165, 1.54) is 4.68 Å². The van der Waals surface area contributed by atoms with Crippen molar-refractivity contribution in [1.29, 1.82) is 0 Å². The molecule has 0 amide bonds. The van der Waals surface area contributed by atoms with Gasteiger partial charge in [0.05, 0.1) is 0 Å². The van der Waals surface area contributed by atoms with Crippen molar-refractivity contribution in [2.45, 2.75) is 26.8 Å². The lowest BCUT2D eigenvalue weighted by Gasteiger charge is -2.01. The third-order valence-corrected chi connectivity index (χ3v) is 1.56. The Labute approximate surface area is 71.1 Å². The van der Waals surface area contributed by atoms with Crippen molar-refractivity contribution in [1.82, 2.24) is 14.3 Å². The summed E-state index contributed by atoms with van der Waals surface area (Å²) >= 11 is 0. The summed E-state index contributed by atoms with van der Waals surface area (Å²) in [6.45, 7) is 5.74. The zero-order chi connectivity index (χ0) is 9.14. The first-order valence-electron chi connectivity index (χ1n) is 3.95. The van der Waals surface area contributed by atoms with Gasteiger partial charge in [-0.05, 0) is 20.8 Å². The van der Waals surface area contributed by atoms with Gasteiger partial charge in [0.1, 0.15) is 6.33 Å². The molecule has 1 aromatic rings. The van der Waals surface area contributed by atoms with Crippen LogP contribution in [0.25, 0.3) is 6.20 Å². The summed E-state index contributed by atoms with van der Waals surface area (Å²) in [7, 11) is 0. The molecule has 0 N–H and O–H groups in total. The summed E-state index contributed by atoms with van der Waals surface area (Å²) in [5.41, 5.74) is -0.0944. The predicted molar refractivity (Wildman–Crippen MR) is 47.9 cm³/mol. The third kappa shape index (κ3) is 1.47. The van der Waals surface area contributed by atoms with E-state index in [4.69, 9.17) is 0 Å². The van der Waals surface area contributed by atoms with Crippen LogP contribution in [0.1, 0.15) is 26.8 Å².